The van der Waals surface area contributed by atoms with Crippen molar-refractivity contribution in [1.82, 2.24) is 19.8 Å². The Morgan fingerprint density at radius 2 is 1.83 bits per heavy atom. The molecule has 0 bridgehead atoms. The summed E-state index contributed by atoms with van der Waals surface area (Å²) in [6.45, 7) is 6.01. The van der Waals surface area contributed by atoms with Gasteiger partial charge in [0, 0.05) is 32.4 Å². The SMILES string of the molecule is Cc1c(Oc2ccc(S(C)(=O)=O)cc2F)ncnc1OC1CCN(CC(=O)N2CCOCC2)CC1. The fourth-order valence-electron chi connectivity index (χ4n) is 3.99. The summed E-state index contributed by atoms with van der Waals surface area (Å²) in [7, 11) is -3.53. The van der Waals surface area contributed by atoms with Crippen molar-refractivity contribution in [2.24, 2.45) is 0 Å². The van der Waals surface area contributed by atoms with E-state index in [-0.39, 0.29) is 28.5 Å². The van der Waals surface area contributed by atoms with E-state index in [2.05, 4.69) is 14.9 Å². The number of halogens is 1. The largest absolute Gasteiger partial charge is 0.474 e. The third-order valence-electron chi connectivity index (χ3n) is 6.07. The van der Waals surface area contributed by atoms with Gasteiger partial charge in [-0.25, -0.2) is 22.8 Å². The van der Waals surface area contributed by atoms with Crippen molar-refractivity contribution in [3.8, 4) is 17.5 Å². The van der Waals surface area contributed by atoms with Gasteiger partial charge >= 0.3 is 0 Å². The Hall–Kier alpha value is -2.83. The molecule has 1 aromatic carbocycles. The maximum Gasteiger partial charge on any atom is 0.236 e. The molecule has 4 rings (SSSR count). The lowest BCUT2D eigenvalue weighted by atomic mass is 10.1. The van der Waals surface area contributed by atoms with Gasteiger partial charge in [-0.3, -0.25) is 9.69 Å². The average Bonchev–Trinajstić information content (AvgIpc) is 2.84. The molecule has 1 aromatic heterocycles. The first-order valence-electron chi connectivity index (χ1n) is 11.4. The van der Waals surface area contributed by atoms with Gasteiger partial charge in [-0.2, -0.15) is 0 Å². The normalized spacial score (nSPS) is 17.9. The van der Waals surface area contributed by atoms with Gasteiger partial charge in [-0.05, 0) is 38.0 Å². The van der Waals surface area contributed by atoms with Crippen LogP contribution in [0.4, 0.5) is 4.39 Å². The van der Waals surface area contributed by atoms with Crippen molar-refractivity contribution in [1.29, 1.82) is 0 Å². The predicted octanol–water partition coefficient (Wildman–Crippen LogP) is 1.82. The number of benzene rings is 1. The van der Waals surface area contributed by atoms with E-state index < -0.39 is 15.7 Å². The van der Waals surface area contributed by atoms with Crippen molar-refractivity contribution in [3.63, 3.8) is 0 Å². The molecule has 190 valence electrons. The van der Waals surface area contributed by atoms with Crippen LogP contribution in [-0.2, 0) is 19.4 Å². The molecular weight excluding hydrogens is 479 g/mol. The predicted molar refractivity (Wildman–Crippen MR) is 124 cm³/mol. The van der Waals surface area contributed by atoms with Crippen LogP contribution in [0.1, 0.15) is 18.4 Å². The number of amides is 1. The summed E-state index contributed by atoms with van der Waals surface area (Å²) in [5.41, 5.74) is 0.504. The number of nitrogens with zero attached hydrogens (tertiary/aromatic N) is 4. The van der Waals surface area contributed by atoms with Crippen LogP contribution in [0, 0.1) is 12.7 Å². The van der Waals surface area contributed by atoms with E-state index in [1.165, 1.54) is 18.5 Å². The third-order valence-corrected chi connectivity index (χ3v) is 7.18. The van der Waals surface area contributed by atoms with Gasteiger partial charge in [0.15, 0.2) is 21.4 Å². The fraction of sp³-hybridized carbons (Fsp3) is 0.522. The van der Waals surface area contributed by atoms with Gasteiger partial charge in [0.2, 0.25) is 17.7 Å². The Labute approximate surface area is 203 Å². The Balaban J connectivity index is 1.34. The Bertz CT molecular complexity index is 1160. The second-order valence-electron chi connectivity index (χ2n) is 8.66. The Morgan fingerprint density at radius 3 is 2.49 bits per heavy atom. The van der Waals surface area contributed by atoms with E-state index in [4.69, 9.17) is 14.2 Å². The summed E-state index contributed by atoms with van der Waals surface area (Å²) >= 11 is 0. The fourth-order valence-corrected chi connectivity index (χ4v) is 4.62. The number of rotatable bonds is 7. The molecular formula is C23H29FN4O6S. The molecule has 2 fully saturated rings. The number of sulfone groups is 1. The van der Waals surface area contributed by atoms with E-state index in [1.54, 1.807) is 6.92 Å². The zero-order valence-electron chi connectivity index (χ0n) is 19.8. The van der Waals surface area contributed by atoms with Crippen LogP contribution in [0.5, 0.6) is 17.5 Å². The highest BCUT2D eigenvalue weighted by Crippen LogP contribution is 2.31. The molecule has 2 aliphatic heterocycles. The van der Waals surface area contributed by atoms with Crippen LogP contribution in [0.15, 0.2) is 29.4 Å². The molecule has 10 nitrogen and oxygen atoms in total. The van der Waals surface area contributed by atoms with E-state index in [0.717, 1.165) is 38.3 Å². The minimum Gasteiger partial charge on any atom is -0.474 e. The van der Waals surface area contributed by atoms with Crippen LogP contribution in [0.25, 0.3) is 0 Å². The summed E-state index contributed by atoms with van der Waals surface area (Å²) < 4.78 is 54.6. The molecule has 0 N–H and O–H groups in total. The summed E-state index contributed by atoms with van der Waals surface area (Å²) in [4.78, 5) is 24.6. The average molecular weight is 509 g/mol. The highest BCUT2D eigenvalue weighted by atomic mass is 32.2. The second-order valence-corrected chi connectivity index (χ2v) is 10.7. The molecule has 2 aromatic rings. The van der Waals surface area contributed by atoms with Crippen LogP contribution in [0.2, 0.25) is 0 Å². The first-order chi connectivity index (χ1) is 16.7. The number of ether oxygens (including phenoxy) is 3. The van der Waals surface area contributed by atoms with Crippen LogP contribution in [0.3, 0.4) is 0 Å². The van der Waals surface area contributed by atoms with E-state index >= 15 is 0 Å². The number of piperidine rings is 1. The van der Waals surface area contributed by atoms with Crippen molar-refractivity contribution in [3.05, 3.63) is 35.9 Å². The molecule has 0 spiro atoms. The molecule has 12 heteroatoms. The molecule has 0 radical (unpaired) electrons. The minimum absolute atomic E-state index is 0.0861. The molecule has 0 atom stereocenters. The first-order valence-corrected chi connectivity index (χ1v) is 13.3. The van der Waals surface area contributed by atoms with Gasteiger partial charge in [-0.1, -0.05) is 0 Å². The van der Waals surface area contributed by atoms with Crippen LogP contribution in [-0.4, -0.2) is 92.4 Å². The highest BCUT2D eigenvalue weighted by molar-refractivity contribution is 7.90. The molecule has 0 saturated carbocycles. The Kier molecular flexibility index (Phi) is 7.82. The number of aromatic nitrogens is 2. The van der Waals surface area contributed by atoms with Gasteiger partial charge in [0.1, 0.15) is 12.4 Å². The van der Waals surface area contributed by atoms with Crippen LogP contribution >= 0.6 is 0 Å². The highest BCUT2D eigenvalue weighted by Gasteiger charge is 2.26. The summed E-state index contributed by atoms with van der Waals surface area (Å²) in [6.07, 6.45) is 3.66. The summed E-state index contributed by atoms with van der Waals surface area (Å²) in [5, 5.41) is 0. The molecule has 35 heavy (non-hydrogen) atoms. The van der Waals surface area contributed by atoms with Crippen molar-refractivity contribution in [2.45, 2.75) is 30.8 Å². The van der Waals surface area contributed by atoms with Gasteiger partial charge in [0.25, 0.3) is 0 Å². The number of hydrogen-bond acceptors (Lipinski definition) is 9. The monoisotopic (exact) mass is 508 g/mol. The number of likely N-dealkylation sites (tertiary alicyclic amines) is 1. The lowest BCUT2D eigenvalue weighted by Crippen LogP contribution is -2.48. The molecule has 0 unspecified atom stereocenters. The van der Waals surface area contributed by atoms with E-state index in [9.17, 15) is 17.6 Å². The van der Waals surface area contributed by atoms with Crippen molar-refractivity contribution < 1.29 is 31.8 Å². The van der Waals surface area contributed by atoms with E-state index in [1.807, 2.05) is 4.90 Å². The summed E-state index contributed by atoms with van der Waals surface area (Å²) in [6, 6.07) is 3.44. The van der Waals surface area contributed by atoms with Gasteiger partial charge < -0.3 is 19.1 Å². The molecule has 3 heterocycles. The standard InChI is InChI=1S/C23H29FN4O6S/c1-16-22(25-15-26-23(16)34-20-4-3-18(13-19(20)24)35(2,30)31)33-17-5-7-27(8-6-17)14-21(29)28-9-11-32-12-10-28/h3-4,13,15,17H,5-12,14H2,1-2H3. The zero-order chi connectivity index (χ0) is 25.0. The quantitative estimate of drug-likeness (QED) is 0.553. The molecule has 1 amide bonds. The third kappa shape index (κ3) is 6.44. The molecule has 2 aliphatic rings. The summed E-state index contributed by atoms with van der Waals surface area (Å²) in [5.74, 6) is -0.380. The first kappa shape index (κ1) is 25.3. The van der Waals surface area contributed by atoms with Gasteiger partial charge in [0.05, 0.1) is 30.2 Å². The topological polar surface area (TPSA) is 111 Å². The zero-order valence-corrected chi connectivity index (χ0v) is 20.6. The molecule has 2 saturated heterocycles. The maximum atomic E-state index is 14.4. The lowest BCUT2D eigenvalue weighted by molar-refractivity contribution is -0.136. The number of carbonyl (C=O) groups excluding carboxylic acids is 1. The Morgan fingerprint density at radius 1 is 1.14 bits per heavy atom. The van der Waals surface area contributed by atoms with Gasteiger partial charge in [-0.15, -0.1) is 0 Å². The number of morpholine rings is 1. The van der Waals surface area contributed by atoms with Crippen molar-refractivity contribution in [2.75, 3.05) is 52.2 Å². The van der Waals surface area contributed by atoms with Crippen LogP contribution < -0.4 is 9.47 Å². The number of hydrogen-bond donors (Lipinski definition) is 0. The molecule has 0 aliphatic carbocycles. The second kappa shape index (κ2) is 10.8. The number of carbonyl (C=O) groups is 1. The maximum absolute atomic E-state index is 14.4. The smallest absolute Gasteiger partial charge is 0.236 e. The van der Waals surface area contributed by atoms with E-state index in [0.29, 0.717) is 44.3 Å². The lowest BCUT2D eigenvalue weighted by Gasteiger charge is -2.34. The van der Waals surface area contributed by atoms with Crippen molar-refractivity contribution >= 4 is 15.7 Å². The minimum atomic E-state index is -3.53.